The first-order chi connectivity index (χ1) is 19.6. The van der Waals surface area contributed by atoms with E-state index >= 15 is 4.39 Å². The van der Waals surface area contributed by atoms with Crippen LogP contribution in [0, 0.1) is 17.2 Å². The molecule has 2 aliphatic rings. The van der Waals surface area contributed by atoms with Crippen molar-refractivity contribution in [3.8, 4) is 22.6 Å². The van der Waals surface area contributed by atoms with Gasteiger partial charge in [-0.2, -0.15) is 0 Å². The largest absolute Gasteiger partial charge is 0.497 e. The van der Waals surface area contributed by atoms with Gasteiger partial charge in [0.2, 0.25) is 0 Å². The number of carbonyl (C=O) groups is 1. The summed E-state index contributed by atoms with van der Waals surface area (Å²) in [5.41, 5.74) is 2.46. The Morgan fingerprint density at radius 1 is 1.07 bits per heavy atom. The van der Waals surface area contributed by atoms with Crippen LogP contribution >= 0.6 is 0 Å². The van der Waals surface area contributed by atoms with Gasteiger partial charge in [-0.05, 0) is 84.2 Å². The normalized spacial score (nSPS) is 20.8. The van der Waals surface area contributed by atoms with Gasteiger partial charge in [-0.1, -0.05) is 51.0 Å². The Kier molecular flexibility index (Phi) is 8.39. The van der Waals surface area contributed by atoms with Gasteiger partial charge in [0.05, 0.1) is 20.1 Å². The first-order valence-corrected chi connectivity index (χ1v) is 14.4. The van der Waals surface area contributed by atoms with Gasteiger partial charge in [0, 0.05) is 16.5 Å². The van der Waals surface area contributed by atoms with E-state index in [9.17, 15) is 15.0 Å². The number of halogens is 1. The van der Waals surface area contributed by atoms with Crippen molar-refractivity contribution in [3.05, 3.63) is 83.2 Å². The second-order valence-corrected chi connectivity index (χ2v) is 12.0. The molecule has 6 nitrogen and oxygen atoms in total. The van der Waals surface area contributed by atoms with Crippen LogP contribution in [0.25, 0.3) is 11.1 Å². The van der Waals surface area contributed by atoms with Crippen molar-refractivity contribution in [1.29, 1.82) is 0 Å². The van der Waals surface area contributed by atoms with Crippen molar-refractivity contribution >= 4 is 5.97 Å². The maximum Gasteiger partial charge on any atom is 0.303 e. The van der Waals surface area contributed by atoms with E-state index in [1.165, 1.54) is 13.2 Å². The van der Waals surface area contributed by atoms with Crippen molar-refractivity contribution < 1.29 is 33.6 Å². The van der Waals surface area contributed by atoms with Crippen LogP contribution in [-0.2, 0) is 21.9 Å². The summed E-state index contributed by atoms with van der Waals surface area (Å²) in [6, 6.07) is 17.7. The third-order valence-corrected chi connectivity index (χ3v) is 8.56. The quantitative estimate of drug-likeness (QED) is 0.253. The van der Waals surface area contributed by atoms with Crippen molar-refractivity contribution in [3.63, 3.8) is 0 Å². The van der Waals surface area contributed by atoms with E-state index in [1.54, 1.807) is 18.2 Å². The van der Waals surface area contributed by atoms with Crippen LogP contribution in [0.2, 0.25) is 0 Å². The third-order valence-electron chi connectivity index (χ3n) is 8.56. The van der Waals surface area contributed by atoms with Crippen LogP contribution in [-0.4, -0.2) is 29.9 Å². The zero-order chi connectivity index (χ0) is 29.2. The predicted molar refractivity (Wildman–Crippen MR) is 154 cm³/mol. The maximum atomic E-state index is 15.2. The second kappa shape index (κ2) is 11.8. The summed E-state index contributed by atoms with van der Waals surface area (Å²) in [6.07, 6.45) is 4.86. The number of aliphatic hydroxyl groups is 1. The zero-order valence-electron chi connectivity index (χ0n) is 24.0. The molecule has 2 fully saturated rings. The van der Waals surface area contributed by atoms with Gasteiger partial charge in [-0.15, -0.1) is 0 Å². The number of carboxylic acids is 1. The van der Waals surface area contributed by atoms with Crippen molar-refractivity contribution in [2.45, 2.75) is 70.7 Å². The first kappa shape index (κ1) is 29.1. The lowest BCUT2D eigenvalue weighted by molar-refractivity contribution is -0.297. The molecule has 1 heterocycles. The average molecular weight is 563 g/mol. The Morgan fingerprint density at radius 2 is 1.88 bits per heavy atom. The number of methoxy groups -OCH3 is 1. The van der Waals surface area contributed by atoms with Crippen molar-refractivity contribution in [2.75, 3.05) is 13.7 Å². The molecule has 7 heteroatoms. The van der Waals surface area contributed by atoms with Crippen molar-refractivity contribution in [2.24, 2.45) is 11.3 Å². The fourth-order valence-electron chi connectivity index (χ4n) is 5.90. The Bertz CT molecular complexity index is 1400. The SMILES string of the molecule is COc1ccc(F)c(-c2ccc(COc3cccc(C(CC(=O)O)CC4CC4)c3)cc2[C@@]2(O)OCCCC2(C)C)c1. The Morgan fingerprint density at radius 3 is 2.59 bits per heavy atom. The molecular formula is C34H39FO6. The lowest BCUT2D eigenvalue weighted by atomic mass is 9.72. The lowest BCUT2D eigenvalue weighted by Crippen LogP contribution is -2.48. The maximum absolute atomic E-state index is 15.2. The molecule has 2 atom stereocenters. The summed E-state index contributed by atoms with van der Waals surface area (Å²) in [7, 11) is 1.53. The molecule has 1 saturated heterocycles. The number of hydrogen-bond acceptors (Lipinski definition) is 5. The number of hydrogen-bond donors (Lipinski definition) is 2. The topological polar surface area (TPSA) is 85.2 Å². The number of aliphatic carboxylic acids is 1. The molecule has 1 unspecified atom stereocenters. The second-order valence-electron chi connectivity index (χ2n) is 12.0. The van der Waals surface area contributed by atoms with Crippen LogP contribution in [0.15, 0.2) is 60.7 Å². The minimum Gasteiger partial charge on any atom is -0.497 e. The van der Waals surface area contributed by atoms with Crippen LogP contribution in [0.4, 0.5) is 4.39 Å². The van der Waals surface area contributed by atoms with Gasteiger partial charge in [0.15, 0.2) is 5.79 Å². The van der Waals surface area contributed by atoms with Crippen LogP contribution in [0.1, 0.15) is 75.0 Å². The van der Waals surface area contributed by atoms with Gasteiger partial charge >= 0.3 is 5.97 Å². The van der Waals surface area contributed by atoms with Gasteiger partial charge < -0.3 is 24.4 Å². The summed E-state index contributed by atoms with van der Waals surface area (Å²) >= 11 is 0. The monoisotopic (exact) mass is 562 g/mol. The van der Waals surface area contributed by atoms with E-state index in [4.69, 9.17) is 14.2 Å². The Labute approximate surface area is 241 Å². The summed E-state index contributed by atoms with van der Waals surface area (Å²) in [6.45, 7) is 4.52. The molecule has 1 aliphatic heterocycles. The lowest BCUT2D eigenvalue weighted by Gasteiger charge is -2.47. The minimum absolute atomic E-state index is 0.0490. The highest BCUT2D eigenvalue weighted by molar-refractivity contribution is 5.71. The number of benzene rings is 3. The fourth-order valence-corrected chi connectivity index (χ4v) is 5.90. The molecule has 1 saturated carbocycles. The molecule has 218 valence electrons. The molecule has 41 heavy (non-hydrogen) atoms. The number of ether oxygens (including phenoxy) is 3. The molecule has 3 aromatic carbocycles. The van der Waals surface area contributed by atoms with Gasteiger partial charge in [-0.3, -0.25) is 4.79 Å². The van der Waals surface area contributed by atoms with Crippen LogP contribution < -0.4 is 9.47 Å². The molecule has 0 spiro atoms. The Balaban J connectivity index is 1.46. The summed E-state index contributed by atoms with van der Waals surface area (Å²) in [5, 5.41) is 21.5. The van der Waals surface area contributed by atoms with E-state index in [0.29, 0.717) is 40.7 Å². The minimum atomic E-state index is -1.64. The van der Waals surface area contributed by atoms with E-state index in [1.807, 2.05) is 50.2 Å². The van der Waals surface area contributed by atoms with Gasteiger partial charge in [0.25, 0.3) is 0 Å². The van der Waals surface area contributed by atoms with Crippen LogP contribution in [0.3, 0.4) is 0 Å². The van der Waals surface area contributed by atoms with Gasteiger partial charge in [-0.25, -0.2) is 4.39 Å². The van der Waals surface area contributed by atoms with Crippen molar-refractivity contribution in [1.82, 2.24) is 0 Å². The van der Waals surface area contributed by atoms with E-state index < -0.39 is 23.0 Å². The van der Waals surface area contributed by atoms with Crippen LogP contribution in [0.5, 0.6) is 11.5 Å². The molecule has 5 rings (SSSR count). The van der Waals surface area contributed by atoms with E-state index in [0.717, 1.165) is 43.2 Å². The molecule has 0 aromatic heterocycles. The number of carboxylic acid groups (broad SMARTS) is 1. The molecule has 1 aliphatic carbocycles. The third kappa shape index (κ3) is 6.41. The molecular weight excluding hydrogens is 523 g/mol. The smallest absolute Gasteiger partial charge is 0.303 e. The highest BCUT2D eigenvalue weighted by Crippen LogP contribution is 2.50. The zero-order valence-corrected chi connectivity index (χ0v) is 24.0. The first-order valence-electron chi connectivity index (χ1n) is 14.4. The average Bonchev–Trinajstić information content (AvgIpc) is 3.77. The van der Waals surface area contributed by atoms with E-state index in [-0.39, 0.29) is 18.9 Å². The number of rotatable bonds is 11. The molecule has 0 bridgehead atoms. The standard InChI is InChI=1S/C34H39FO6/c1-33(2)14-5-15-41-34(33,38)30-17-23(10-12-28(30)29-20-26(39-3)11-13-31(29)35)21-40-27-7-4-6-24(18-27)25(19-32(36)37)16-22-8-9-22/h4,6-7,10-13,17-18,20,22,25,38H,5,8-9,14-16,19,21H2,1-3H3,(H,36,37)/t25?,34-/m1/s1. The fraction of sp³-hybridized carbons (Fsp3) is 0.441. The summed E-state index contributed by atoms with van der Waals surface area (Å²) in [5.74, 6) is -1.15. The summed E-state index contributed by atoms with van der Waals surface area (Å²) in [4.78, 5) is 11.5. The molecule has 0 radical (unpaired) electrons. The molecule has 2 N–H and O–H groups in total. The van der Waals surface area contributed by atoms with E-state index in [2.05, 4.69) is 0 Å². The highest BCUT2D eigenvalue weighted by Gasteiger charge is 2.49. The molecule has 3 aromatic rings. The predicted octanol–water partition coefficient (Wildman–Crippen LogP) is 7.42. The summed E-state index contributed by atoms with van der Waals surface area (Å²) < 4.78 is 32.7. The Hall–Kier alpha value is -3.42. The molecule has 0 amide bonds. The van der Waals surface area contributed by atoms with Gasteiger partial charge in [0.1, 0.15) is 23.9 Å². The highest BCUT2D eigenvalue weighted by atomic mass is 19.1.